The van der Waals surface area contributed by atoms with Crippen LogP contribution >= 0.6 is 12.6 Å². The fourth-order valence-electron chi connectivity index (χ4n) is 1.61. The Kier molecular flexibility index (Phi) is 2.82. The molecule has 2 aromatic rings. The number of nitrogens with zero attached hydrogens (tertiary/aromatic N) is 1. The van der Waals surface area contributed by atoms with E-state index in [0.717, 1.165) is 11.5 Å². The predicted molar refractivity (Wildman–Crippen MR) is 66.2 cm³/mol. The summed E-state index contributed by atoms with van der Waals surface area (Å²) in [4.78, 5) is 7.51. The lowest BCUT2D eigenvalue weighted by Gasteiger charge is -2.04. The van der Waals surface area contributed by atoms with Crippen LogP contribution in [0, 0.1) is 13.8 Å². The molecule has 0 atom stereocenters. The van der Waals surface area contributed by atoms with E-state index in [1.165, 1.54) is 16.7 Å². The second-order valence-corrected chi connectivity index (χ2v) is 4.04. The van der Waals surface area contributed by atoms with Gasteiger partial charge in [-0.1, -0.05) is 17.7 Å². The highest BCUT2D eigenvalue weighted by molar-refractivity contribution is 7.79. The van der Waals surface area contributed by atoms with Crippen molar-refractivity contribution in [2.24, 2.45) is 0 Å². The third-order valence-electron chi connectivity index (χ3n) is 2.46. The van der Waals surface area contributed by atoms with Gasteiger partial charge >= 0.3 is 0 Å². The topological polar surface area (TPSA) is 28.7 Å². The Bertz CT molecular complexity index is 474. The standard InChI is InChI=1S/C12H14N2S/c1-8-3-4-9(2)10(5-8)11-6-13-12(7-15)14-11/h3-6,15H,7H2,1-2H3,(H,13,14). The fraction of sp³-hybridized carbons (Fsp3) is 0.250. The molecule has 1 N–H and O–H groups in total. The van der Waals surface area contributed by atoms with E-state index in [-0.39, 0.29) is 0 Å². The SMILES string of the molecule is Cc1ccc(C)c(-c2cnc(CS)[nH]2)c1. The Morgan fingerprint density at radius 3 is 2.80 bits per heavy atom. The van der Waals surface area contributed by atoms with E-state index in [0.29, 0.717) is 5.75 Å². The number of H-pyrrole nitrogens is 1. The molecule has 1 heterocycles. The quantitative estimate of drug-likeness (QED) is 0.745. The summed E-state index contributed by atoms with van der Waals surface area (Å²) in [6.07, 6.45) is 1.87. The first-order valence-electron chi connectivity index (χ1n) is 4.93. The van der Waals surface area contributed by atoms with Crippen LogP contribution in [0.1, 0.15) is 17.0 Å². The Hall–Kier alpha value is -1.22. The summed E-state index contributed by atoms with van der Waals surface area (Å²) in [7, 11) is 0. The number of rotatable bonds is 2. The summed E-state index contributed by atoms with van der Waals surface area (Å²) in [5.74, 6) is 1.56. The lowest BCUT2D eigenvalue weighted by atomic mass is 10.0. The van der Waals surface area contributed by atoms with E-state index in [2.05, 4.69) is 54.6 Å². The summed E-state index contributed by atoms with van der Waals surface area (Å²) >= 11 is 4.19. The lowest BCUT2D eigenvalue weighted by Crippen LogP contribution is -1.85. The van der Waals surface area contributed by atoms with Gasteiger partial charge in [-0.05, 0) is 25.5 Å². The molecule has 15 heavy (non-hydrogen) atoms. The number of hydrogen-bond acceptors (Lipinski definition) is 2. The third-order valence-corrected chi connectivity index (χ3v) is 2.76. The van der Waals surface area contributed by atoms with Crippen LogP contribution in [0.4, 0.5) is 0 Å². The highest BCUT2D eigenvalue weighted by atomic mass is 32.1. The molecule has 3 heteroatoms. The zero-order valence-corrected chi connectivity index (χ0v) is 9.81. The van der Waals surface area contributed by atoms with Crippen LogP contribution in [-0.2, 0) is 5.75 Å². The van der Waals surface area contributed by atoms with Crippen molar-refractivity contribution in [2.75, 3.05) is 0 Å². The molecule has 1 aromatic heterocycles. The van der Waals surface area contributed by atoms with Gasteiger partial charge in [-0.3, -0.25) is 0 Å². The molecule has 0 saturated carbocycles. The number of benzene rings is 1. The summed E-state index contributed by atoms with van der Waals surface area (Å²) < 4.78 is 0. The van der Waals surface area contributed by atoms with Gasteiger partial charge in [0.25, 0.3) is 0 Å². The molecule has 0 bridgehead atoms. The van der Waals surface area contributed by atoms with Gasteiger partial charge in [0.1, 0.15) is 5.82 Å². The van der Waals surface area contributed by atoms with E-state index in [1.807, 2.05) is 6.20 Å². The second-order valence-electron chi connectivity index (χ2n) is 3.72. The number of aromatic amines is 1. The summed E-state index contributed by atoms with van der Waals surface area (Å²) in [6.45, 7) is 4.20. The molecule has 1 aromatic carbocycles. The maximum absolute atomic E-state index is 4.25. The van der Waals surface area contributed by atoms with Crippen molar-refractivity contribution in [1.29, 1.82) is 0 Å². The molecule has 2 nitrogen and oxygen atoms in total. The van der Waals surface area contributed by atoms with Gasteiger partial charge in [-0.15, -0.1) is 0 Å². The van der Waals surface area contributed by atoms with Gasteiger partial charge in [0.05, 0.1) is 11.9 Å². The van der Waals surface area contributed by atoms with Crippen LogP contribution in [0.15, 0.2) is 24.4 Å². The average molecular weight is 218 g/mol. The number of imidazole rings is 1. The largest absolute Gasteiger partial charge is 0.341 e. The normalized spacial score (nSPS) is 10.6. The molecule has 0 spiro atoms. The monoisotopic (exact) mass is 218 g/mol. The van der Waals surface area contributed by atoms with Crippen molar-refractivity contribution in [3.63, 3.8) is 0 Å². The zero-order valence-electron chi connectivity index (χ0n) is 8.91. The predicted octanol–water partition coefficient (Wildman–Crippen LogP) is 3.12. The molecule has 0 saturated heterocycles. The van der Waals surface area contributed by atoms with Crippen molar-refractivity contribution in [3.05, 3.63) is 41.3 Å². The van der Waals surface area contributed by atoms with Crippen LogP contribution in [0.2, 0.25) is 0 Å². The Morgan fingerprint density at radius 2 is 2.13 bits per heavy atom. The minimum Gasteiger partial charge on any atom is -0.341 e. The van der Waals surface area contributed by atoms with E-state index in [9.17, 15) is 0 Å². The zero-order chi connectivity index (χ0) is 10.8. The minimum absolute atomic E-state index is 0.644. The first kappa shape index (κ1) is 10.3. The van der Waals surface area contributed by atoms with Crippen LogP contribution in [0.25, 0.3) is 11.3 Å². The second kappa shape index (κ2) is 4.11. The maximum atomic E-state index is 4.25. The first-order valence-corrected chi connectivity index (χ1v) is 5.56. The average Bonchev–Trinajstić information content (AvgIpc) is 2.70. The number of thiol groups is 1. The van der Waals surface area contributed by atoms with Gasteiger partial charge in [0.15, 0.2) is 0 Å². The summed E-state index contributed by atoms with van der Waals surface area (Å²) in [6, 6.07) is 6.42. The van der Waals surface area contributed by atoms with Gasteiger partial charge in [0, 0.05) is 11.3 Å². The smallest absolute Gasteiger partial charge is 0.116 e. The molecule has 2 rings (SSSR count). The van der Waals surface area contributed by atoms with Crippen LogP contribution in [0.3, 0.4) is 0 Å². The van der Waals surface area contributed by atoms with E-state index in [4.69, 9.17) is 0 Å². The fourth-order valence-corrected chi connectivity index (χ4v) is 1.77. The summed E-state index contributed by atoms with van der Waals surface area (Å²) in [5.41, 5.74) is 4.81. The highest BCUT2D eigenvalue weighted by Gasteiger charge is 2.05. The molecule has 0 aliphatic carbocycles. The van der Waals surface area contributed by atoms with Gasteiger partial charge in [-0.2, -0.15) is 12.6 Å². The van der Waals surface area contributed by atoms with E-state index >= 15 is 0 Å². The summed E-state index contributed by atoms with van der Waals surface area (Å²) in [5, 5.41) is 0. The molecule has 0 amide bonds. The third kappa shape index (κ3) is 2.07. The molecule has 0 unspecified atom stereocenters. The highest BCUT2D eigenvalue weighted by Crippen LogP contribution is 2.22. The Morgan fingerprint density at radius 1 is 1.33 bits per heavy atom. The Labute approximate surface area is 95.2 Å². The van der Waals surface area contributed by atoms with Gasteiger partial charge < -0.3 is 4.98 Å². The molecule has 0 fully saturated rings. The van der Waals surface area contributed by atoms with Crippen molar-refractivity contribution in [3.8, 4) is 11.3 Å². The molecular formula is C12H14N2S. The molecular weight excluding hydrogens is 204 g/mol. The number of hydrogen-bond donors (Lipinski definition) is 2. The molecule has 0 aliphatic rings. The first-order chi connectivity index (χ1) is 7.20. The van der Waals surface area contributed by atoms with Crippen molar-refractivity contribution in [2.45, 2.75) is 19.6 Å². The van der Waals surface area contributed by atoms with Gasteiger partial charge in [0.2, 0.25) is 0 Å². The van der Waals surface area contributed by atoms with Crippen LogP contribution < -0.4 is 0 Å². The van der Waals surface area contributed by atoms with Crippen molar-refractivity contribution in [1.82, 2.24) is 9.97 Å². The van der Waals surface area contributed by atoms with E-state index in [1.54, 1.807) is 0 Å². The Balaban J connectivity index is 2.48. The van der Waals surface area contributed by atoms with Crippen molar-refractivity contribution < 1.29 is 0 Å². The molecule has 0 aliphatic heterocycles. The lowest BCUT2D eigenvalue weighted by molar-refractivity contribution is 1.13. The van der Waals surface area contributed by atoms with Crippen LogP contribution in [0.5, 0.6) is 0 Å². The minimum atomic E-state index is 0.644. The molecule has 78 valence electrons. The number of aryl methyl sites for hydroxylation is 2. The van der Waals surface area contributed by atoms with E-state index < -0.39 is 0 Å². The van der Waals surface area contributed by atoms with Gasteiger partial charge in [-0.25, -0.2) is 4.98 Å². The number of aromatic nitrogens is 2. The molecule has 0 radical (unpaired) electrons. The van der Waals surface area contributed by atoms with Crippen LogP contribution in [-0.4, -0.2) is 9.97 Å². The maximum Gasteiger partial charge on any atom is 0.116 e. The number of nitrogens with one attached hydrogen (secondary N) is 1. The van der Waals surface area contributed by atoms with Crippen molar-refractivity contribution >= 4 is 12.6 Å².